The van der Waals surface area contributed by atoms with Gasteiger partial charge in [-0.1, -0.05) is 18.2 Å². The summed E-state index contributed by atoms with van der Waals surface area (Å²) in [6.07, 6.45) is 6.82. The van der Waals surface area contributed by atoms with Crippen LogP contribution in [0, 0.1) is 0 Å². The van der Waals surface area contributed by atoms with Crippen molar-refractivity contribution in [3.8, 4) is 5.82 Å². The van der Waals surface area contributed by atoms with Gasteiger partial charge in [-0.3, -0.25) is 9.78 Å². The Labute approximate surface area is 154 Å². The van der Waals surface area contributed by atoms with Crippen molar-refractivity contribution < 1.29 is 4.79 Å². The van der Waals surface area contributed by atoms with Crippen molar-refractivity contribution >= 4 is 34.4 Å². The molecule has 0 unspecified atom stereocenters. The number of hydrogen-bond donors (Lipinski definition) is 1. The van der Waals surface area contributed by atoms with Crippen molar-refractivity contribution in [2.45, 2.75) is 4.90 Å². The van der Waals surface area contributed by atoms with E-state index in [0.29, 0.717) is 17.4 Å². The molecule has 3 heterocycles. The van der Waals surface area contributed by atoms with E-state index >= 15 is 0 Å². The second-order valence-corrected chi connectivity index (χ2v) is 6.57. The van der Waals surface area contributed by atoms with E-state index in [0.717, 1.165) is 15.8 Å². The van der Waals surface area contributed by atoms with Crippen LogP contribution in [-0.2, 0) is 4.79 Å². The summed E-state index contributed by atoms with van der Waals surface area (Å²) in [4.78, 5) is 25.6. The highest BCUT2D eigenvalue weighted by molar-refractivity contribution is 8.00. The van der Waals surface area contributed by atoms with Gasteiger partial charge in [0.25, 0.3) is 0 Å². The molecular weight excluding hydrogens is 346 g/mol. The van der Waals surface area contributed by atoms with Gasteiger partial charge in [0.2, 0.25) is 5.91 Å². The van der Waals surface area contributed by atoms with Crippen molar-refractivity contribution in [1.82, 2.24) is 19.5 Å². The predicted molar refractivity (Wildman–Crippen MR) is 102 cm³/mol. The monoisotopic (exact) mass is 361 g/mol. The fourth-order valence-electron chi connectivity index (χ4n) is 2.59. The lowest BCUT2D eigenvalue weighted by atomic mass is 10.2. The van der Waals surface area contributed by atoms with Gasteiger partial charge in [0.15, 0.2) is 0 Å². The molecule has 0 aliphatic heterocycles. The van der Waals surface area contributed by atoms with Crippen LogP contribution in [0.2, 0.25) is 0 Å². The standard InChI is InChI=1S/C19H15N5OS/c25-19(12-26-15-5-8-20-9-6-15)23-17-11-18(22-13-21-17)24-10-7-14-3-1-2-4-16(14)24/h1-11,13H,12H2,(H,21,22,23,25). The summed E-state index contributed by atoms with van der Waals surface area (Å²) in [5.41, 5.74) is 1.05. The highest BCUT2D eigenvalue weighted by Gasteiger charge is 2.08. The Balaban J connectivity index is 1.48. The third kappa shape index (κ3) is 3.57. The van der Waals surface area contributed by atoms with Crippen LogP contribution in [0.25, 0.3) is 16.7 Å². The number of nitrogens with zero attached hydrogens (tertiary/aromatic N) is 4. The molecule has 0 atom stereocenters. The molecule has 1 aromatic carbocycles. The summed E-state index contributed by atoms with van der Waals surface area (Å²) in [6.45, 7) is 0. The van der Waals surface area contributed by atoms with Crippen LogP contribution in [-0.4, -0.2) is 31.2 Å². The third-order valence-electron chi connectivity index (χ3n) is 3.79. The average Bonchev–Trinajstić information content (AvgIpc) is 3.12. The molecule has 4 aromatic rings. The molecule has 7 heteroatoms. The molecule has 0 spiro atoms. The van der Waals surface area contributed by atoms with Crippen LogP contribution in [0.15, 0.2) is 78.3 Å². The number of anilines is 1. The second-order valence-electron chi connectivity index (χ2n) is 5.53. The van der Waals surface area contributed by atoms with E-state index in [1.807, 2.05) is 53.2 Å². The molecule has 6 nitrogen and oxygen atoms in total. The maximum atomic E-state index is 12.2. The zero-order chi connectivity index (χ0) is 17.8. The number of amides is 1. The first kappa shape index (κ1) is 16.3. The highest BCUT2D eigenvalue weighted by Crippen LogP contribution is 2.20. The molecular formula is C19H15N5OS. The summed E-state index contributed by atoms with van der Waals surface area (Å²) in [5, 5.41) is 3.95. The molecule has 0 fully saturated rings. The quantitative estimate of drug-likeness (QED) is 0.550. The largest absolute Gasteiger partial charge is 0.310 e. The molecule has 0 aliphatic carbocycles. The fraction of sp³-hybridized carbons (Fsp3) is 0.0526. The minimum Gasteiger partial charge on any atom is -0.310 e. The Morgan fingerprint density at radius 3 is 2.81 bits per heavy atom. The number of carbonyl (C=O) groups is 1. The molecule has 26 heavy (non-hydrogen) atoms. The average molecular weight is 361 g/mol. The first-order valence-electron chi connectivity index (χ1n) is 8.01. The summed E-state index contributed by atoms with van der Waals surface area (Å²) >= 11 is 1.45. The summed E-state index contributed by atoms with van der Waals surface area (Å²) in [6, 6.07) is 15.6. The molecule has 128 valence electrons. The Morgan fingerprint density at radius 2 is 1.92 bits per heavy atom. The number of rotatable bonds is 5. The van der Waals surface area contributed by atoms with Crippen LogP contribution in [0.4, 0.5) is 5.82 Å². The Kier molecular flexibility index (Phi) is 4.61. The number of nitrogens with one attached hydrogen (secondary N) is 1. The zero-order valence-electron chi connectivity index (χ0n) is 13.7. The normalized spacial score (nSPS) is 10.8. The van der Waals surface area contributed by atoms with Gasteiger partial charge >= 0.3 is 0 Å². The van der Waals surface area contributed by atoms with Crippen molar-refractivity contribution in [3.63, 3.8) is 0 Å². The lowest BCUT2D eigenvalue weighted by Crippen LogP contribution is -2.15. The van der Waals surface area contributed by atoms with Crippen LogP contribution < -0.4 is 5.32 Å². The molecule has 0 aliphatic rings. The van der Waals surface area contributed by atoms with Gasteiger partial charge in [0.1, 0.15) is 18.0 Å². The molecule has 0 saturated carbocycles. The van der Waals surface area contributed by atoms with E-state index in [1.165, 1.54) is 18.1 Å². The fourth-order valence-corrected chi connectivity index (χ4v) is 3.28. The summed E-state index contributed by atoms with van der Waals surface area (Å²) in [7, 11) is 0. The zero-order valence-corrected chi connectivity index (χ0v) is 14.6. The van der Waals surface area contributed by atoms with Crippen molar-refractivity contribution in [2.24, 2.45) is 0 Å². The third-order valence-corrected chi connectivity index (χ3v) is 4.80. The first-order chi connectivity index (χ1) is 12.8. The second kappa shape index (κ2) is 7.37. The van der Waals surface area contributed by atoms with Gasteiger partial charge in [-0.15, -0.1) is 11.8 Å². The number of para-hydroxylation sites is 1. The van der Waals surface area contributed by atoms with Gasteiger partial charge in [-0.2, -0.15) is 0 Å². The molecule has 0 saturated heterocycles. The van der Waals surface area contributed by atoms with E-state index < -0.39 is 0 Å². The molecule has 3 aromatic heterocycles. The molecule has 4 rings (SSSR count). The van der Waals surface area contributed by atoms with Crippen molar-refractivity contribution in [2.75, 3.05) is 11.1 Å². The smallest absolute Gasteiger partial charge is 0.235 e. The Morgan fingerprint density at radius 1 is 1.08 bits per heavy atom. The highest BCUT2D eigenvalue weighted by atomic mass is 32.2. The number of pyridine rings is 1. The maximum Gasteiger partial charge on any atom is 0.235 e. The Bertz CT molecular complexity index is 1050. The lowest BCUT2D eigenvalue weighted by molar-refractivity contribution is -0.113. The molecule has 0 bridgehead atoms. The summed E-state index contributed by atoms with van der Waals surface area (Å²) < 4.78 is 1.97. The number of benzene rings is 1. The number of fused-ring (bicyclic) bond motifs is 1. The van der Waals surface area contributed by atoms with Crippen molar-refractivity contribution in [3.05, 3.63) is 73.4 Å². The van der Waals surface area contributed by atoms with E-state index in [-0.39, 0.29) is 5.91 Å². The molecule has 0 radical (unpaired) electrons. The van der Waals surface area contributed by atoms with Crippen LogP contribution >= 0.6 is 11.8 Å². The van der Waals surface area contributed by atoms with Gasteiger partial charge in [-0.25, -0.2) is 9.97 Å². The minimum absolute atomic E-state index is 0.117. The van der Waals surface area contributed by atoms with Gasteiger partial charge in [0.05, 0.1) is 11.3 Å². The van der Waals surface area contributed by atoms with Crippen LogP contribution in [0.3, 0.4) is 0 Å². The SMILES string of the molecule is O=C(CSc1ccncc1)Nc1cc(-n2ccc3ccccc32)ncn1. The first-order valence-corrected chi connectivity index (χ1v) is 8.99. The van der Waals surface area contributed by atoms with Crippen LogP contribution in [0.1, 0.15) is 0 Å². The number of aromatic nitrogens is 4. The minimum atomic E-state index is -0.117. The van der Waals surface area contributed by atoms with Crippen molar-refractivity contribution in [1.29, 1.82) is 0 Å². The predicted octanol–water partition coefficient (Wildman–Crippen LogP) is 3.55. The van der Waals surface area contributed by atoms with Gasteiger partial charge in [-0.05, 0) is 29.7 Å². The van der Waals surface area contributed by atoms with E-state index in [4.69, 9.17) is 0 Å². The van der Waals surface area contributed by atoms with E-state index in [9.17, 15) is 4.79 Å². The van der Waals surface area contributed by atoms with E-state index in [2.05, 4.69) is 20.3 Å². The number of thioether (sulfide) groups is 1. The summed E-state index contributed by atoms with van der Waals surface area (Å²) in [5.74, 6) is 1.37. The lowest BCUT2D eigenvalue weighted by Gasteiger charge is -2.08. The number of hydrogen-bond acceptors (Lipinski definition) is 5. The Hall–Kier alpha value is -3.19. The van der Waals surface area contributed by atoms with E-state index in [1.54, 1.807) is 18.5 Å². The molecule has 1 amide bonds. The van der Waals surface area contributed by atoms with Crippen LogP contribution in [0.5, 0.6) is 0 Å². The number of carbonyl (C=O) groups excluding carboxylic acids is 1. The van der Waals surface area contributed by atoms with Gasteiger partial charge < -0.3 is 9.88 Å². The molecule has 1 N–H and O–H groups in total. The maximum absolute atomic E-state index is 12.2. The topological polar surface area (TPSA) is 72.7 Å². The van der Waals surface area contributed by atoms with Gasteiger partial charge in [0, 0.05) is 29.6 Å².